The fraction of sp³-hybridized carbons (Fsp3) is 0.233. The van der Waals surface area contributed by atoms with Crippen LogP contribution in [-0.2, 0) is 27.5 Å². The van der Waals surface area contributed by atoms with Gasteiger partial charge in [-0.3, -0.25) is 24.0 Å². The van der Waals surface area contributed by atoms with E-state index in [-0.39, 0.29) is 47.2 Å². The molecule has 3 aromatic carbocycles. The molecule has 3 aromatic rings. The predicted octanol–water partition coefficient (Wildman–Crippen LogP) is 3.04. The van der Waals surface area contributed by atoms with Crippen LogP contribution in [0.25, 0.3) is 0 Å². The van der Waals surface area contributed by atoms with Crippen molar-refractivity contribution in [3.63, 3.8) is 0 Å². The molecule has 12 heteroatoms. The highest BCUT2D eigenvalue weighted by atomic mass is 16.6. The quantitative estimate of drug-likeness (QED) is 0.175. The minimum atomic E-state index is -1.14. The first-order valence-electron chi connectivity index (χ1n) is 12.7. The lowest BCUT2D eigenvalue weighted by molar-refractivity contribution is -0.133. The van der Waals surface area contributed by atoms with Gasteiger partial charge in [0.15, 0.2) is 6.29 Å². The molecule has 0 aliphatic carbocycles. The van der Waals surface area contributed by atoms with Gasteiger partial charge in [-0.15, -0.1) is 0 Å². The SMILES string of the molecule is CC(=O)Oc1cc(OC(C)=O)cc(C(=O)NCc2ccc(CNC(=O)c3cc(OC(C)=O)cc(OC(C)O)c3)cc2)c1. The van der Waals surface area contributed by atoms with Gasteiger partial charge in [-0.25, -0.2) is 0 Å². The fourth-order valence-corrected chi connectivity index (χ4v) is 3.69. The molecule has 12 nitrogen and oxygen atoms in total. The third-order valence-electron chi connectivity index (χ3n) is 5.30. The summed E-state index contributed by atoms with van der Waals surface area (Å²) in [5.41, 5.74) is 1.83. The van der Waals surface area contributed by atoms with E-state index >= 15 is 0 Å². The molecule has 3 rings (SSSR count). The molecule has 220 valence electrons. The molecule has 0 saturated heterocycles. The standard InChI is InChI=1S/C30H30N2O10/c1-17(33)39-25-9-23(10-26(13-25)40-18(2)34)29(37)31-15-21-5-7-22(8-6-21)16-32-30(38)24-11-27(41-19(3)35)14-28(12-24)42-20(4)36/h5-14,17,33H,15-16H2,1-4H3,(H,31,37)(H,32,38). The van der Waals surface area contributed by atoms with Gasteiger partial charge in [0.25, 0.3) is 11.8 Å². The Hall–Kier alpha value is -5.23. The molecule has 0 aromatic heterocycles. The Balaban J connectivity index is 1.61. The highest BCUT2D eigenvalue weighted by molar-refractivity contribution is 5.96. The Bertz CT molecular complexity index is 1450. The van der Waals surface area contributed by atoms with E-state index < -0.39 is 36.0 Å². The lowest BCUT2D eigenvalue weighted by atomic mass is 10.1. The zero-order chi connectivity index (χ0) is 30.8. The average molecular weight is 579 g/mol. The Morgan fingerprint density at radius 2 is 0.952 bits per heavy atom. The Kier molecular flexibility index (Phi) is 10.7. The van der Waals surface area contributed by atoms with Crippen LogP contribution in [0.1, 0.15) is 59.5 Å². The largest absolute Gasteiger partial charge is 0.465 e. The van der Waals surface area contributed by atoms with Crippen LogP contribution in [0.3, 0.4) is 0 Å². The number of nitrogens with one attached hydrogen (secondary N) is 2. The Labute approximate surface area is 241 Å². The number of esters is 3. The van der Waals surface area contributed by atoms with Crippen molar-refractivity contribution in [2.45, 2.75) is 47.1 Å². The van der Waals surface area contributed by atoms with Gasteiger partial charge < -0.3 is 34.7 Å². The van der Waals surface area contributed by atoms with Crippen molar-refractivity contribution in [1.82, 2.24) is 10.6 Å². The smallest absolute Gasteiger partial charge is 0.308 e. The molecule has 1 atom stereocenters. The lowest BCUT2D eigenvalue weighted by Gasteiger charge is -2.13. The van der Waals surface area contributed by atoms with Gasteiger partial charge in [-0.05, 0) is 42.3 Å². The highest BCUT2D eigenvalue weighted by Crippen LogP contribution is 2.25. The molecule has 0 aliphatic heterocycles. The molecule has 3 N–H and O–H groups in total. The van der Waals surface area contributed by atoms with Gasteiger partial charge in [0.2, 0.25) is 0 Å². The second-order valence-corrected chi connectivity index (χ2v) is 9.07. The summed E-state index contributed by atoms with van der Waals surface area (Å²) in [4.78, 5) is 59.5. The number of hydrogen-bond acceptors (Lipinski definition) is 10. The van der Waals surface area contributed by atoms with Crippen LogP contribution < -0.4 is 29.6 Å². The van der Waals surface area contributed by atoms with Crippen LogP contribution in [0.4, 0.5) is 0 Å². The van der Waals surface area contributed by atoms with Crippen LogP contribution in [0, 0.1) is 0 Å². The van der Waals surface area contributed by atoms with Crippen molar-refractivity contribution >= 4 is 29.7 Å². The van der Waals surface area contributed by atoms with E-state index in [9.17, 15) is 29.1 Å². The molecule has 42 heavy (non-hydrogen) atoms. The molecule has 2 amide bonds. The number of aliphatic hydroxyl groups excluding tert-OH is 1. The molecule has 0 saturated carbocycles. The maximum Gasteiger partial charge on any atom is 0.308 e. The van der Waals surface area contributed by atoms with Crippen molar-refractivity contribution < 1.29 is 48.0 Å². The van der Waals surface area contributed by atoms with Gasteiger partial charge in [0, 0.05) is 57.1 Å². The third-order valence-corrected chi connectivity index (χ3v) is 5.30. The molecular weight excluding hydrogens is 548 g/mol. The van der Waals surface area contributed by atoms with Crippen LogP contribution >= 0.6 is 0 Å². The van der Waals surface area contributed by atoms with Gasteiger partial charge in [-0.2, -0.15) is 0 Å². The van der Waals surface area contributed by atoms with Crippen LogP contribution in [-0.4, -0.2) is 41.1 Å². The molecule has 0 aliphatic rings. The van der Waals surface area contributed by atoms with E-state index in [1.54, 1.807) is 24.3 Å². The molecule has 1 unspecified atom stereocenters. The Morgan fingerprint density at radius 1 is 0.619 bits per heavy atom. The molecule has 0 heterocycles. The second-order valence-electron chi connectivity index (χ2n) is 9.07. The lowest BCUT2D eigenvalue weighted by Crippen LogP contribution is -2.24. The summed E-state index contributed by atoms with van der Waals surface area (Å²) in [5, 5.41) is 15.0. The van der Waals surface area contributed by atoms with E-state index in [2.05, 4.69) is 10.6 Å². The summed E-state index contributed by atoms with van der Waals surface area (Å²) in [6, 6.07) is 15.3. The molecule has 0 bridgehead atoms. The first-order chi connectivity index (χ1) is 19.9. The van der Waals surface area contributed by atoms with Crippen LogP contribution in [0.15, 0.2) is 60.7 Å². The van der Waals surface area contributed by atoms with Crippen molar-refractivity contribution in [2.75, 3.05) is 0 Å². The third kappa shape index (κ3) is 10.1. The monoisotopic (exact) mass is 578 g/mol. The van der Waals surface area contributed by atoms with Crippen LogP contribution in [0.5, 0.6) is 23.0 Å². The minimum Gasteiger partial charge on any atom is -0.465 e. The highest BCUT2D eigenvalue weighted by Gasteiger charge is 2.14. The summed E-state index contributed by atoms with van der Waals surface area (Å²) < 4.78 is 20.4. The van der Waals surface area contributed by atoms with Gasteiger partial charge in [-0.1, -0.05) is 24.3 Å². The molecule has 0 spiro atoms. The topological polar surface area (TPSA) is 167 Å². The van der Waals surface area contributed by atoms with E-state index in [1.807, 2.05) is 0 Å². The zero-order valence-electron chi connectivity index (χ0n) is 23.4. The van der Waals surface area contributed by atoms with E-state index in [1.165, 1.54) is 64.1 Å². The van der Waals surface area contributed by atoms with Crippen LogP contribution in [0.2, 0.25) is 0 Å². The minimum absolute atomic E-state index is 0.0580. The van der Waals surface area contributed by atoms with Crippen molar-refractivity contribution in [3.05, 3.63) is 82.9 Å². The number of ether oxygens (including phenoxy) is 4. The van der Waals surface area contributed by atoms with Crippen molar-refractivity contribution in [3.8, 4) is 23.0 Å². The summed E-state index contributed by atoms with van der Waals surface area (Å²) in [7, 11) is 0. The normalized spacial score (nSPS) is 11.1. The number of aliphatic hydroxyl groups is 1. The zero-order valence-corrected chi connectivity index (χ0v) is 23.4. The first-order valence-corrected chi connectivity index (χ1v) is 12.7. The summed E-state index contributed by atoms with van der Waals surface area (Å²) >= 11 is 0. The molecule has 0 fully saturated rings. The van der Waals surface area contributed by atoms with E-state index in [0.717, 1.165) is 11.1 Å². The van der Waals surface area contributed by atoms with Crippen molar-refractivity contribution in [2.24, 2.45) is 0 Å². The average Bonchev–Trinajstić information content (AvgIpc) is 2.89. The van der Waals surface area contributed by atoms with Crippen molar-refractivity contribution in [1.29, 1.82) is 0 Å². The second kappa shape index (κ2) is 14.4. The Morgan fingerprint density at radius 3 is 1.29 bits per heavy atom. The maximum atomic E-state index is 12.8. The van der Waals surface area contributed by atoms with E-state index in [0.29, 0.717) is 0 Å². The summed E-state index contributed by atoms with van der Waals surface area (Å²) in [6.07, 6.45) is -1.14. The maximum absolute atomic E-state index is 12.8. The van der Waals surface area contributed by atoms with Gasteiger partial charge in [0.1, 0.15) is 23.0 Å². The number of benzene rings is 3. The number of amides is 2. The number of rotatable bonds is 11. The first kappa shape index (κ1) is 31.3. The number of carbonyl (C=O) groups excluding carboxylic acids is 5. The van der Waals surface area contributed by atoms with Gasteiger partial charge >= 0.3 is 17.9 Å². The summed E-state index contributed by atoms with van der Waals surface area (Å²) in [5.74, 6) is -2.34. The molecule has 0 radical (unpaired) electrons. The van der Waals surface area contributed by atoms with E-state index in [4.69, 9.17) is 18.9 Å². The molecular formula is C30H30N2O10. The number of hydrogen-bond donors (Lipinski definition) is 3. The summed E-state index contributed by atoms with van der Waals surface area (Å²) in [6.45, 7) is 5.39. The van der Waals surface area contributed by atoms with Gasteiger partial charge in [0.05, 0.1) is 0 Å². The number of carbonyl (C=O) groups is 5. The fourth-order valence-electron chi connectivity index (χ4n) is 3.69. The predicted molar refractivity (Wildman–Crippen MR) is 148 cm³/mol.